The largest absolute Gasteiger partial charge is 0.494 e. The molecule has 0 spiro atoms. The van der Waals surface area contributed by atoms with Crippen molar-refractivity contribution >= 4 is 11.6 Å². The molecule has 1 atom stereocenters. The molecule has 1 aromatic heterocycles. The number of aryl methyl sites for hydroxylation is 1. The zero-order valence-corrected chi connectivity index (χ0v) is 16.1. The Labute approximate surface area is 153 Å². The van der Waals surface area contributed by atoms with Crippen LogP contribution >= 0.6 is 0 Å². The van der Waals surface area contributed by atoms with Crippen LogP contribution in [-0.2, 0) is 6.54 Å². The number of rotatable bonds is 7. The number of likely N-dealkylation sites (N-methyl/N-ethyl adjacent to an activating group) is 1. The number of carbonyl (C=O) groups excluding carboxylic acids is 2. The Kier molecular flexibility index (Phi) is 5.97. The molecule has 0 fully saturated rings. The number of ether oxygens (including phenoxy) is 1. The first-order chi connectivity index (χ1) is 12.2. The molecule has 0 aliphatic heterocycles. The zero-order chi connectivity index (χ0) is 19.6. The second-order valence-electron chi connectivity index (χ2n) is 6.61. The van der Waals surface area contributed by atoms with Crippen molar-refractivity contribution in [1.29, 1.82) is 0 Å². The summed E-state index contributed by atoms with van der Waals surface area (Å²) in [5, 5.41) is 0. The average molecular weight is 360 g/mol. The third-order valence-corrected chi connectivity index (χ3v) is 4.72. The minimum Gasteiger partial charge on any atom is -0.494 e. The molecular weight excluding hydrogens is 335 g/mol. The first kappa shape index (κ1) is 19.8. The molecule has 0 radical (unpaired) electrons. The molecule has 0 aliphatic carbocycles. The van der Waals surface area contributed by atoms with Gasteiger partial charge in [-0.15, -0.1) is 0 Å². The lowest BCUT2D eigenvalue weighted by Gasteiger charge is -2.23. The quantitative estimate of drug-likeness (QED) is 0.765. The number of methoxy groups -OCH3 is 1. The van der Waals surface area contributed by atoms with Crippen molar-refractivity contribution < 1.29 is 18.7 Å². The number of nitrogens with one attached hydrogen (secondary N) is 1. The van der Waals surface area contributed by atoms with Gasteiger partial charge in [0, 0.05) is 17.8 Å². The molecular formula is C20H25FN2O3. The third kappa shape index (κ3) is 3.85. The van der Waals surface area contributed by atoms with Gasteiger partial charge in [-0.3, -0.25) is 14.5 Å². The summed E-state index contributed by atoms with van der Waals surface area (Å²) >= 11 is 0. The molecule has 26 heavy (non-hydrogen) atoms. The fourth-order valence-corrected chi connectivity index (χ4v) is 3.17. The van der Waals surface area contributed by atoms with E-state index in [0.29, 0.717) is 29.1 Å². The predicted octanol–water partition coefficient (Wildman–Crippen LogP) is 3.69. The molecule has 1 aromatic carbocycles. The molecule has 2 rings (SSSR count). The van der Waals surface area contributed by atoms with E-state index in [1.807, 2.05) is 11.9 Å². The second-order valence-corrected chi connectivity index (χ2v) is 6.61. The summed E-state index contributed by atoms with van der Waals surface area (Å²) in [6, 6.07) is 4.32. The first-order valence-corrected chi connectivity index (χ1v) is 8.44. The molecule has 0 unspecified atom stereocenters. The van der Waals surface area contributed by atoms with Crippen LogP contribution in [0.1, 0.15) is 51.5 Å². The van der Waals surface area contributed by atoms with Gasteiger partial charge in [-0.25, -0.2) is 4.39 Å². The van der Waals surface area contributed by atoms with Gasteiger partial charge in [0.15, 0.2) is 23.1 Å². The van der Waals surface area contributed by atoms with E-state index >= 15 is 0 Å². The van der Waals surface area contributed by atoms with Gasteiger partial charge < -0.3 is 9.72 Å². The topological polar surface area (TPSA) is 62.4 Å². The van der Waals surface area contributed by atoms with Gasteiger partial charge in [-0.1, -0.05) is 6.07 Å². The molecule has 0 aliphatic rings. The van der Waals surface area contributed by atoms with Crippen LogP contribution < -0.4 is 4.74 Å². The Morgan fingerprint density at radius 2 is 1.96 bits per heavy atom. The van der Waals surface area contributed by atoms with Crippen LogP contribution in [0, 0.1) is 19.7 Å². The highest BCUT2D eigenvalue weighted by molar-refractivity contribution is 6.05. The van der Waals surface area contributed by atoms with E-state index in [9.17, 15) is 14.0 Å². The summed E-state index contributed by atoms with van der Waals surface area (Å²) in [6.07, 6.45) is 0. The van der Waals surface area contributed by atoms with Crippen molar-refractivity contribution in [3.8, 4) is 5.75 Å². The Morgan fingerprint density at radius 3 is 2.46 bits per heavy atom. The van der Waals surface area contributed by atoms with Crippen molar-refractivity contribution in [3.63, 3.8) is 0 Å². The third-order valence-electron chi connectivity index (χ3n) is 4.72. The molecule has 0 saturated heterocycles. The number of nitrogens with zero attached hydrogens (tertiary/aromatic N) is 1. The molecule has 140 valence electrons. The van der Waals surface area contributed by atoms with Crippen molar-refractivity contribution in [2.24, 2.45) is 0 Å². The van der Waals surface area contributed by atoms with E-state index in [1.165, 1.54) is 20.1 Å². The lowest BCUT2D eigenvalue weighted by atomic mass is 10.0. The van der Waals surface area contributed by atoms with Gasteiger partial charge in [-0.2, -0.15) is 0 Å². The molecule has 2 aromatic rings. The highest BCUT2D eigenvalue weighted by atomic mass is 19.1. The zero-order valence-electron chi connectivity index (χ0n) is 16.1. The van der Waals surface area contributed by atoms with Gasteiger partial charge in [0.05, 0.1) is 18.8 Å². The Hall–Kier alpha value is -2.47. The van der Waals surface area contributed by atoms with Crippen LogP contribution in [-0.4, -0.2) is 41.6 Å². The van der Waals surface area contributed by atoms with Crippen LogP contribution in [0.5, 0.6) is 5.75 Å². The molecule has 0 saturated carbocycles. The van der Waals surface area contributed by atoms with Crippen molar-refractivity contribution in [2.75, 3.05) is 14.2 Å². The van der Waals surface area contributed by atoms with E-state index in [-0.39, 0.29) is 17.3 Å². The minimum atomic E-state index is -0.434. The van der Waals surface area contributed by atoms with Gasteiger partial charge >= 0.3 is 0 Å². The van der Waals surface area contributed by atoms with Crippen LogP contribution in [0.2, 0.25) is 0 Å². The predicted molar refractivity (Wildman–Crippen MR) is 98.5 cm³/mol. The van der Waals surface area contributed by atoms with Crippen LogP contribution in [0.15, 0.2) is 18.2 Å². The van der Waals surface area contributed by atoms with E-state index in [2.05, 4.69) is 4.98 Å². The first-order valence-electron chi connectivity index (χ1n) is 8.44. The fraction of sp³-hybridized carbons (Fsp3) is 0.400. The number of aromatic nitrogens is 1. The smallest absolute Gasteiger partial charge is 0.196 e. The summed E-state index contributed by atoms with van der Waals surface area (Å²) in [6.45, 7) is 7.26. The molecule has 5 nitrogen and oxygen atoms in total. The van der Waals surface area contributed by atoms with Gasteiger partial charge in [0.25, 0.3) is 0 Å². The monoisotopic (exact) mass is 360 g/mol. The summed E-state index contributed by atoms with van der Waals surface area (Å²) < 4.78 is 18.8. The Bertz CT molecular complexity index is 842. The highest BCUT2D eigenvalue weighted by Gasteiger charge is 2.26. The van der Waals surface area contributed by atoms with E-state index < -0.39 is 11.9 Å². The maximum atomic E-state index is 13.9. The van der Waals surface area contributed by atoms with Gasteiger partial charge in [-0.05, 0) is 58.0 Å². The number of hydrogen-bond acceptors (Lipinski definition) is 4. The Morgan fingerprint density at radius 1 is 1.31 bits per heavy atom. The number of hydrogen-bond donors (Lipinski definition) is 1. The standard InChI is InChI=1S/C20H25FN2O3/c1-11-18(14(4)24)12(2)22-19(11)20(25)13(3)23(5)10-15-7-8-17(26-6)16(21)9-15/h7-9,13,22H,10H2,1-6H3/t13-/m0/s1. The van der Waals surface area contributed by atoms with Crippen molar-refractivity contribution in [1.82, 2.24) is 9.88 Å². The summed E-state index contributed by atoms with van der Waals surface area (Å²) in [5.74, 6) is -0.409. The number of halogens is 1. The maximum absolute atomic E-state index is 13.9. The number of H-pyrrole nitrogens is 1. The van der Waals surface area contributed by atoms with Crippen LogP contribution in [0.25, 0.3) is 0 Å². The highest BCUT2D eigenvalue weighted by Crippen LogP contribution is 2.22. The van der Waals surface area contributed by atoms with Crippen LogP contribution in [0.4, 0.5) is 4.39 Å². The van der Waals surface area contributed by atoms with Gasteiger partial charge in [0.2, 0.25) is 0 Å². The lowest BCUT2D eigenvalue weighted by Crippen LogP contribution is -2.36. The molecule has 1 heterocycles. The Balaban J connectivity index is 2.19. The maximum Gasteiger partial charge on any atom is 0.196 e. The van der Waals surface area contributed by atoms with Crippen molar-refractivity contribution in [3.05, 3.63) is 52.1 Å². The number of aromatic amines is 1. The summed E-state index contributed by atoms with van der Waals surface area (Å²) in [4.78, 5) is 29.5. The molecule has 0 bridgehead atoms. The SMILES string of the molecule is COc1ccc(CN(C)[C@@H](C)C(=O)c2[nH]c(C)c(C(C)=O)c2C)cc1F. The lowest BCUT2D eigenvalue weighted by molar-refractivity contribution is 0.0856. The molecule has 0 amide bonds. The van der Waals surface area contributed by atoms with Gasteiger partial charge in [0.1, 0.15) is 0 Å². The van der Waals surface area contributed by atoms with E-state index in [1.54, 1.807) is 32.9 Å². The summed E-state index contributed by atoms with van der Waals surface area (Å²) in [5.41, 5.74) is 3.14. The van der Waals surface area contributed by atoms with Crippen LogP contribution in [0.3, 0.4) is 0 Å². The second kappa shape index (κ2) is 7.83. The van der Waals surface area contributed by atoms with E-state index in [0.717, 1.165) is 5.56 Å². The normalized spacial score (nSPS) is 12.3. The number of ketones is 2. The van der Waals surface area contributed by atoms with E-state index in [4.69, 9.17) is 4.74 Å². The molecule has 6 heteroatoms. The number of benzene rings is 1. The number of carbonyl (C=O) groups is 2. The minimum absolute atomic E-state index is 0.0648. The number of Topliss-reactive ketones (excluding diaryl/α,β-unsaturated/α-hetero) is 2. The average Bonchev–Trinajstić information content (AvgIpc) is 2.88. The summed E-state index contributed by atoms with van der Waals surface area (Å²) in [7, 11) is 3.22. The van der Waals surface area contributed by atoms with Crippen molar-refractivity contribution in [2.45, 2.75) is 40.3 Å². The molecule has 1 N–H and O–H groups in total. The fourth-order valence-electron chi connectivity index (χ4n) is 3.17.